The molecule has 0 unspecified atom stereocenters. The Morgan fingerprint density at radius 2 is 1.74 bits per heavy atom. The highest BCUT2D eigenvalue weighted by Crippen LogP contribution is 2.14. The van der Waals surface area contributed by atoms with Crippen molar-refractivity contribution in [2.75, 3.05) is 44.7 Å². The molecule has 0 N–H and O–H groups in total. The number of carbonyl (C=O) groups is 1. The Labute approximate surface area is 161 Å². The Balaban J connectivity index is 1.52. The lowest BCUT2D eigenvalue weighted by Gasteiger charge is -2.34. The highest BCUT2D eigenvalue weighted by molar-refractivity contribution is 5.93. The molecule has 6 heteroatoms. The van der Waals surface area contributed by atoms with E-state index >= 15 is 0 Å². The predicted molar refractivity (Wildman–Crippen MR) is 108 cm³/mol. The smallest absolute Gasteiger partial charge is 0.256 e. The molecule has 1 aliphatic heterocycles. The molecule has 2 heterocycles. The molecule has 144 valence electrons. The molecule has 0 aliphatic carbocycles. The molecule has 2 aromatic rings. The van der Waals surface area contributed by atoms with Crippen molar-refractivity contribution >= 4 is 11.9 Å². The molecule has 0 bridgehead atoms. The lowest BCUT2D eigenvalue weighted by molar-refractivity contribution is 0.0792. The van der Waals surface area contributed by atoms with Crippen LogP contribution in [0.4, 0.5) is 5.95 Å². The third-order valence-electron chi connectivity index (χ3n) is 4.98. The van der Waals surface area contributed by atoms with Crippen LogP contribution in [0.1, 0.15) is 35.7 Å². The van der Waals surface area contributed by atoms with Gasteiger partial charge >= 0.3 is 0 Å². The molecule has 0 spiro atoms. The zero-order valence-corrected chi connectivity index (χ0v) is 16.3. The Morgan fingerprint density at radius 3 is 2.37 bits per heavy atom. The Bertz CT molecular complexity index is 711. The summed E-state index contributed by atoms with van der Waals surface area (Å²) in [5.74, 6) is 0.699. The van der Waals surface area contributed by atoms with Crippen molar-refractivity contribution in [1.82, 2.24) is 19.8 Å². The van der Waals surface area contributed by atoms with Gasteiger partial charge in [0.25, 0.3) is 5.91 Å². The van der Waals surface area contributed by atoms with Gasteiger partial charge in [-0.2, -0.15) is 0 Å². The molecule has 0 atom stereocenters. The van der Waals surface area contributed by atoms with Crippen LogP contribution in [0.15, 0.2) is 42.7 Å². The minimum atomic E-state index is -0.0114. The lowest BCUT2D eigenvalue weighted by Crippen LogP contribution is -2.46. The molecule has 3 rings (SSSR count). The monoisotopic (exact) mass is 367 g/mol. The molecule has 1 aromatic carbocycles. The number of hydrogen-bond donors (Lipinski definition) is 0. The first-order valence-electron chi connectivity index (χ1n) is 9.76. The van der Waals surface area contributed by atoms with Gasteiger partial charge in [-0.25, -0.2) is 9.97 Å². The van der Waals surface area contributed by atoms with Crippen LogP contribution < -0.4 is 4.90 Å². The molecule has 1 aliphatic rings. The summed E-state index contributed by atoms with van der Waals surface area (Å²) in [4.78, 5) is 27.7. The van der Waals surface area contributed by atoms with Crippen molar-refractivity contribution in [3.8, 4) is 0 Å². The van der Waals surface area contributed by atoms with E-state index < -0.39 is 0 Å². The second kappa shape index (κ2) is 9.46. The minimum Gasteiger partial charge on any atom is -0.342 e. The van der Waals surface area contributed by atoms with Crippen molar-refractivity contribution in [3.63, 3.8) is 0 Å². The average molecular weight is 367 g/mol. The first-order valence-corrected chi connectivity index (χ1v) is 9.76. The van der Waals surface area contributed by atoms with E-state index in [2.05, 4.69) is 57.0 Å². The zero-order chi connectivity index (χ0) is 19.1. The average Bonchev–Trinajstić information content (AvgIpc) is 2.73. The normalized spacial score (nSPS) is 15.0. The van der Waals surface area contributed by atoms with Crippen molar-refractivity contribution in [2.24, 2.45) is 0 Å². The van der Waals surface area contributed by atoms with Gasteiger partial charge in [-0.05, 0) is 12.0 Å². The van der Waals surface area contributed by atoms with E-state index in [0.717, 1.165) is 52.1 Å². The van der Waals surface area contributed by atoms with E-state index in [9.17, 15) is 4.79 Å². The van der Waals surface area contributed by atoms with Crippen LogP contribution in [0.3, 0.4) is 0 Å². The van der Waals surface area contributed by atoms with Crippen LogP contribution in [-0.4, -0.2) is 65.4 Å². The van der Waals surface area contributed by atoms with Crippen LogP contribution in [0.25, 0.3) is 0 Å². The fourth-order valence-electron chi connectivity index (χ4n) is 3.26. The van der Waals surface area contributed by atoms with Gasteiger partial charge in [0.15, 0.2) is 0 Å². The number of aromatic nitrogens is 2. The number of piperazine rings is 1. The van der Waals surface area contributed by atoms with Crippen LogP contribution in [0.5, 0.6) is 0 Å². The summed E-state index contributed by atoms with van der Waals surface area (Å²) in [6, 6.07) is 10.6. The van der Waals surface area contributed by atoms with Crippen LogP contribution in [-0.2, 0) is 6.54 Å². The Kier molecular flexibility index (Phi) is 6.76. The van der Waals surface area contributed by atoms with Crippen LogP contribution in [0, 0.1) is 0 Å². The summed E-state index contributed by atoms with van der Waals surface area (Å²) in [7, 11) is 1.83. The van der Waals surface area contributed by atoms with Gasteiger partial charge in [0.05, 0.1) is 5.56 Å². The molecule has 1 aromatic heterocycles. The maximum Gasteiger partial charge on any atom is 0.256 e. The lowest BCUT2D eigenvalue weighted by atomic mass is 10.2. The SMILES string of the molecule is CCCCN(C)C(=O)c1cnc(N2CCN(Cc3ccccc3)CC2)nc1. The second-order valence-electron chi connectivity index (χ2n) is 7.10. The number of anilines is 1. The minimum absolute atomic E-state index is 0.0114. The van der Waals surface area contributed by atoms with Crippen molar-refractivity contribution in [1.29, 1.82) is 0 Å². The maximum atomic E-state index is 12.4. The molecular weight excluding hydrogens is 338 g/mol. The molecule has 1 amide bonds. The number of unbranched alkanes of at least 4 members (excludes halogenated alkanes) is 1. The van der Waals surface area contributed by atoms with Gasteiger partial charge in [-0.3, -0.25) is 9.69 Å². The largest absolute Gasteiger partial charge is 0.342 e. The highest BCUT2D eigenvalue weighted by atomic mass is 16.2. The summed E-state index contributed by atoms with van der Waals surface area (Å²) < 4.78 is 0. The van der Waals surface area contributed by atoms with E-state index in [4.69, 9.17) is 0 Å². The zero-order valence-electron chi connectivity index (χ0n) is 16.3. The highest BCUT2D eigenvalue weighted by Gasteiger charge is 2.20. The fraction of sp³-hybridized carbons (Fsp3) is 0.476. The molecular formula is C21H29N5O. The van der Waals surface area contributed by atoms with E-state index in [0.29, 0.717) is 11.5 Å². The van der Waals surface area contributed by atoms with E-state index in [1.54, 1.807) is 17.3 Å². The number of nitrogens with zero attached hydrogens (tertiary/aromatic N) is 5. The quantitative estimate of drug-likeness (QED) is 0.753. The first kappa shape index (κ1) is 19.3. The summed E-state index contributed by atoms with van der Waals surface area (Å²) in [5.41, 5.74) is 1.90. The summed E-state index contributed by atoms with van der Waals surface area (Å²) in [5, 5.41) is 0. The third kappa shape index (κ3) is 5.26. The fourth-order valence-corrected chi connectivity index (χ4v) is 3.26. The second-order valence-corrected chi connectivity index (χ2v) is 7.10. The van der Waals surface area contributed by atoms with Crippen LogP contribution >= 0.6 is 0 Å². The maximum absolute atomic E-state index is 12.4. The molecule has 0 saturated carbocycles. The number of hydrogen-bond acceptors (Lipinski definition) is 5. The number of rotatable bonds is 7. The number of benzene rings is 1. The van der Waals surface area contributed by atoms with Crippen molar-refractivity contribution < 1.29 is 4.79 Å². The summed E-state index contributed by atoms with van der Waals surface area (Å²) in [6.45, 7) is 7.63. The van der Waals surface area contributed by atoms with Gasteiger partial charge in [0.1, 0.15) is 0 Å². The van der Waals surface area contributed by atoms with Crippen molar-refractivity contribution in [3.05, 3.63) is 53.9 Å². The van der Waals surface area contributed by atoms with Gasteiger partial charge in [-0.1, -0.05) is 43.7 Å². The summed E-state index contributed by atoms with van der Waals surface area (Å²) in [6.07, 6.45) is 5.39. The molecule has 1 fully saturated rings. The van der Waals surface area contributed by atoms with E-state index in [1.807, 2.05) is 7.05 Å². The molecule has 1 saturated heterocycles. The predicted octanol–water partition coefficient (Wildman–Crippen LogP) is 2.67. The third-order valence-corrected chi connectivity index (χ3v) is 4.98. The van der Waals surface area contributed by atoms with Gasteiger partial charge in [0.2, 0.25) is 5.95 Å². The van der Waals surface area contributed by atoms with E-state index in [-0.39, 0.29) is 5.91 Å². The Morgan fingerprint density at radius 1 is 1.07 bits per heavy atom. The van der Waals surface area contributed by atoms with Crippen molar-refractivity contribution in [2.45, 2.75) is 26.3 Å². The standard InChI is InChI=1S/C21H29N5O/c1-3-4-10-24(2)20(27)19-15-22-21(23-16-19)26-13-11-25(12-14-26)17-18-8-6-5-7-9-18/h5-9,15-16H,3-4,10-14,17H2,1-2H3. The topological polar surface area (TPSA) is 52.6 Å². The first-order chi connectivity index (χ1) is 13.2. The molecule has 0 radical (unpaired) electrons. The van der Waals surface area contributed by atoms with Crippen LogP contribution in [0.2, 0.25) is 0 Å². The summed E-state index contributed by atoms with van der Waals surface area (Å²) >= 11 is 0. The molecule has 6 nitrogen and oxygen atoms in total. The number of carbonyl (C=O) groups excluding carboxylic acids is 1. The van der Waals surface area contributed by atoms with Gasteiger partial charge < -0.3 is 9.80 Å². The number of amides is 1. The van der Waals surface area contributed by atoms with Gasteiger partial charge in [-0.15, -0.1) is 0 Å². The Hall–Kier alpha value is -2.47. The van der Waals surface area contributed by atoms with E-state index in [1.165, 1.54) is 5.56 Å². The molecule has 27 heavy (non-hydrogen) atoms. The van der Waals surface area contributed by atoms with Gasteiger partial charge in [0, 0.05) is 58.7 Å².